The van der Waals surface area contributed by atoms with Gasteiger partial charge in [0, 0.05) is 39.7 Å². The highest BCUT2D eigenvalue weighted by atomic mass is 28.4. The molecule has 31 heavy (non-hydrogen) atoms. The Morgan fingerprint density at radius 1 is 1.06 bits per heavy atom. The Hall–Kier alpha value is -2.39. The Balaban J connectivity index is 2.14. The van der Waals surface area contributed by atoms with E-state index in [0.717, 1.165) is 29.7 Å². The number of hydrogen-bond acceptors (Lipinski definition) is 8. The average Bonchev–Trinajstić information content (AvgIpc) is 2.63. The molecule has 0 spiro atoms. The lowest BCUT2D eigenvalue weighted by Gasteiger charge is -2.36. The molecule has 0 saturated heterocycles. The minimum absolute atomic E-state index is 0.0817. The van der Waals surface area contributed by atoms with Gasteiger partial charge in [-0.05, 0) is 36.5 Å². The van der Waals surface area contributed by atoms with Crippen molar-refractivity contribution in [1.82, 2.24) is 0 Å². The van der Waals surface area contributed by atoms with E-state index < -0.39 is 32.5 Å². The Labute approximate surface area is 184 Å². The SMILES string of the molecule is CC(=O)O[Si](CCc1ccc2c(c1)COC(C)(CCC(C)C)O2)(OC(C)=O)OC(C)=O. The van der Waals surface area contributed by atoms with Gasteiger partial charge in [0.05, 0.1) is 12.7 Å². The lowest BCUT2D eigenvalue weighted by Crippen LogP contribution is -2.49. The van der Waals surface area contributed by atoms with Crippen molar-refractivity contribution in [2.24, 2.45) is 5.92 Å². The molecule has 0 amide bonds. The fourth-order valence-electron chi connectivity index (χ4n) is 3.34. The summed E-state index contributed by atoms with van der Waals surface area (Å²) < 4.78 is 27.8. The molecule has 9 heteroatoms. The van der Waals surface area contributed by atoms with E-state index in [-0.39, 0.29) is 6.04 Å². The van der Waals surface area contributed by atoms with Gasteiger partial charge in [-0.15, -0.1) is 0 Å². The van der Waals surface area contributed by atoms with Gasteiger partial charge >= 0.3 is 8.80 Å². The Morgan fingerprint density at radius 3 is 2.16 bits per heavy atom. The highest BCUT2D eigenvalue weighted by Gasteiger charge is 2.51. The zero-order valence-corrected chi connectivity index (χ0v) is 20.1. The van der Waals surface area contributed by atoms with Crippen LogP contribution < -0.4 is 4.74 Å². The zero-order chi connectivity index (χ0) is 23.2. The summed E-state index contributed by atoms with van der Waals surface area (Å²) in [6, 6.07) is 5.79. The van der Waals surface area contributed by atoms with E-state index in [1.165, 1.54) is 20.8 Å². The molecule has 0 aliphatic carbocycles. The van der Waals surface area contributed by atoms with Gasteiger partial charge in [-0.1, -0.05) is 19.9 Å². The molecule has 2 rings (SSSR count). The number of fused-ring (bicyclic) bond motifs is 1. The molecular formula is C22H32O8Si. The monoisotopic (exact) mass is 452 g/mol. The molecule has 172 valence electrons. The molecule has 1 aliphatic heterocycles. The van der Waals surface area contributed by atoms with E-state index in [9.17, 15) is 14.4 Å². The second kappa shape index (κ2) is 10.3. The van der Waals surface area contributed by atoms with E-state index in [0.29, 0.717) is 18.9 Å². The van der Waals surface area contributed by atoms with Gasteiger partial charge in [0.15, 0.2) is 0 Å². The summed E-state index contributed by atoms with van der Waals surface area (Å²) in [6.45, 7) is 10.2. The normalized spacial score (nSPS) is 18.0. The number of aryl methyl sites for hydroxylation is 1. The van der Waals surface area contributed by atoms with Crippen LogP contribution in [0.1, 0.15) is 65.5 Å². The van der Waals surface area contributed by atoms with Crippen LogP contribution in [0, 0.1) is 5.92 Å². The largest absolute Gasteiger partial charge is 0.705 e. The van der Waals surface area contributed by atoms with Gasteiger partial charge in [0.1, 0.15) is 5.75 Å². The van der Waals surface area contributed by atoms with Crippen molar-refractivity contribution >= 4 is 26.7 Å². The van der Waals surface area contributed by atoms with Crippen molar-refractivity contribution in [3.8, 4) is 5.75 Å². The fraction of sp³-hybridized carbons (Fsp3) is 0.591. The first-order valence-electron chi connectivity index (χ1n) is 10.5. The topological polar surface area (TPSA) is 97.4 Å². The number of benzene rings is 1. The molecule has 1 unspecified atom stereocenters. The van der Waals surface area contributed by atoms with Gasteiger partial charge in [-0.2, -0.15) is 0 Å². The quantitative estimate of drug-likeness (QED) is 0.520. The number of hydrogen-bond donors (Lipinski definition) is 0. The summed E-state index contributed by atoms with van der Waals surface area (Å²) in [5.41, 5.74) is 1.79. The third kappa shape index (κ3) is 7.66. The molecule has 1 aromatic rings. The summed E-state index contributed by atoms with van der Waals surface area (Å²) in [5, 5.41) is 0. The summed E-state index contributed by atoms with van der Waals surface area (Å²) in [6.07, 6.45) is 2.17. The van der Waals surface area contributed by atoms with Gasteiger partial charge < -0.3 is 22.8 Å². The first kappa shape index (κ1) is 24.9. The first-order chi connectivity index (χ1) is 14.4. The molecule has 1 aliphatic rings. The predicted octanol–water partition coefficient (Wildman–Crippen LogP) is 3.92. The minimum atomic E-state index is -3.86. The van der Waals surface area contributed by atoms with E-state index in [2.05, 4.69) is 13.8 Å². The molecule has 0 radical (unpaired) electrons. The van der Waals surface area contributed by atoms with Crippen LogP contribution in [-0.4, -0.2) is 32.5 Å². The third-order valence-electron chi connectivity index (χ3n) is 4.78. The average molecular weight is 453 g/mol. The van der Waals surface area contributed by atoms with Crippen LogP contribution in [0.4, 0.5) is 0 Å². The lowest BCUT2D eigenvalue weighted by atomic mass is 10.0. The molecule has 0 aromatic heterocycles. The van der Waals surface area contributed by atoms with Crippen molar-refractivity contribution in [2.75, 3.05) is 0 Å². The van der Waals surface area contributed by atoms with Gasteiger partial charge in [0.2, 0.25) is 5.79 Å². The Kier molecular flexibility index (Phi) is 8.25. The third-order valence-corrected chi connectivity index (χ3v) is 7.43. The smallest absolute Gasteiger partial charge is 0.462 e. The molecule has 8 nitrogen and oxygen atoms in total. The van der Waals surface area contributed by atoms with E-state index in [4.69, 9.17) is 22.8 Å². The molecular weight excluding hydrogens is 420 g/mol. The van der Waals surface area contributed by atoms with Crippen LogP contribution >= 0.6 is 0 Å². The van der Waals surface area contributed by atoms with Crippen LogP contribution in [-0.2, 0) is 45.4 Å². The van der Waals surface area contributed by atoms with Gasteiger partial charge in [-0.3, -0.25) is 14.4 Å². The van der Waals surface area contributed by atoms with Crippen molar-refractivity contribution in [2.45, 2.75) is 79.2 Å². The summed E-state index contributed by atoms with van der Waals surface area (Å²) in [5.74, 6) is -1.36. The minimum Gasteiger partial charge on any atom is -0.462 e. The second-order valence-corrected chi connectivity index (χ2v) is 10.8. The van der Waals surface area contributed by atoms with Crippen molar-refractivity contribution < 1.29 is 37.1 Å². The standard InChI is InChI=1S/C22H32O8Si/c1-15(2)9-11-22(6)26-14-20-13-19(7-8-21(20)27-22)10-12-31(28-16(3)23,29-17(4)24)30-18(5)25/h7-8,13,15H,9-12,14H2,1-6H3. The molecule has 1 aromatic carbocycles. The molecule has 1 atom stereocenters. The Bertz CT molecular complexity index is 781. The molecule has 0 bridgehead atoms. The summed E-state index contributed by atoms with van der Waals surface area (Å²) in [4.78, 5) is 34.7. The zero-order valence-electron chi connectivity index (χ0n) is 19.1. The van der Waals surface area contributed by atoms with Gasteiger partial charge in [0.25, 0.3) is 17.9 Å². The maximum Gasteiger partial charge on any atom is 0.705 e. The van der Waals surface area contributed by atoms with Crippen LogP contribution in [0.3, 0.4) is 0 Å². The first-order valence-corrected chi connectivity index (χ1v) is 12.4. The molecule has 0 N–H and O–H groups in total. The van der Waals surface area contributed by atoms with Crippen LogP contribution in [0.2, 0.25) is 6.04 Å². The molecule has 0 fully saturated rings. The number of ether oxygens (including phenoxy) is 2. The molecule has 0 saturated carbocycles. The number of rotatable bonds is 9. The van der Waals surface area contributed by atoms with Gasteiger partial charge in [-0.25, -0.2) is 0 Å². The molecule has 1 heterocycles. The maximum atomic E-state index is 11.6. The van der Waals surface area contributed by atoms with Crippen molar-refractivity contribution in [3.05, 3.63) is 29.3 Å². The lowest BCUT2D eigenvalue weighted by molar-refractivity contribution is -0.199. The summed E-state index contributed by atoms with van der Waals surface area (Å²) in [7, 11) is -3.86. The summed E-state index contributed by atoms with van der Waals surface area (Å²) >= 11 is 0. The fourth-order valence-corrected chi connectivity index (χ4v) is 5.68. The van der Waals surface area contributed by atoms with Crippen LogP contribution in [0.15, 0.2) is 18.2 Å². The van der Waals surface area contributed by atoms with Crippen molar-refractivity contribution in [1.29, 1.82) is 0 Å². The number of carbonyl (C=O) groups is 3. The number of carbonyl (C=O) groups excluding carboxylic acids is 3. The highest BCUT2D eigenvalue weighted by molar-refractivity contribution is 6.65. The Morgan fingerprint density at radius 2 is 1.65 bits per heavy atom. The van der Waals surface area contributed by atoms with Crippen LogP contribution in [0.5, 0.6) is 5.75 Å². The highest BCUT2D eigenvalue weighted by Crippen LogP contribution is 2.35. The van der Waals surface area contributed by atoms with E-state index in [1.807, 2.05) is 25.1 Å². The van der Waals surface area contributed by atoms with Crippen LogP contribution in [0.25, 0.3) is 0 Å². The second-order valence-electron chi connectivity index (χ2n) is 8.36. The van der Waals surface area contributed by atoms with E-state index in [1.54, 1.807) is 0 Å². The maximum absolute atomic E-state index is 11.6. The predicted molar refractivity (Wildman–Crippen MR) is 114 cm³/mol. The van der Waals surface area contributed by atoms with E-state index >= 15 is 0 Å². The van der Waals surface area contributed by atoms with Crippen molar-refractivity contribution in [3.63, 3.8) is 0 Å².